The van der Waals surface area contributed by atoms with Gasteiger partial charge in [-0.15, -0.1) is 0 Å². The van der Waals surface area contributed by atoms with Crippen molar-refractivity contribution in [1.82, 2.24) is 19.4 Å². The maximum Gasteiger partial charge on any atom is 0.311 e. The van der Waals surface area contributed by atoms with Crippen molar-refractivity contribution in [3.63, 3.8) is 0 Å². The molecule has 0 amide bonds. The topological polar surface area (TPSA) is 115 Å². The van der Waals surface area contributed by atoms with E-state index in [9.17, 15) is 13.2 Å². The van der Waals surface area contributed by atoms with E-state index in [-0.39, 0.29) is 17.2 Å². The zero-order chi connectivity index (χ0) is 22.6. The molecule has 0 N–H and O–H groups in total. The maximum atomic E-state index is 12.7. The Kier molecular flexibility index (Phi) is 6.61. The Bertz CT molecular complexity index is 1160. The number of aromatic nitrogens is 3. The van der Waals surface area contributed by atoms with E-state index in [2.05, 4.69) is 15.1 Å². The molecule has 1 aliphatic heterocycles. The average molecular weight is 457 g/mol. The molecule has 1 saturated heterocycles. The van der Waals surface area contributed by atoms with Crippen LogP contribution in [0.25, 0.3) is 11.4 Å². The summed E-state index contributed by atoms with van der Waals surface area (Å²) in [5, 5.41) is 3.89. The number of hydrogen-bond donors (Lipinski definition) is 0. The number of nitrogens with zero attached hydrogens (tertiary/aromatic N) is 4. The summed E-state index contributed by atoms with van der Waals surface area (Å²) in [6, 6.07) is 9.90. The molecular formula is C22H24N4O5S. The minimum atomic E-state index is -3.50. The Morgan fingerprint density at radius 3 is 2.59 bits per heavy atom. The minimum absolute atomic E-state index is 0.00200. The lowest BCUT2D eigenvalue weighted by molar-refractivity contribution is -0.148. The molecule has 3 heterocycles. The van der Waals surface area contributed by atoms with Crippen LogP contribution < -0.4 is 0 Å². The fourth-order valence-corrected chi connectivity index (χ4v) is 5.02. The number of rotatable bonds is 7. The summed E-state index contributed by atoms with van der Waals surface area (Å²) in [6.45, 7) is 2.74. The summed E-state index contributed by atoms with van der Waals surface area (Å²) in [5.41, 5.74) is 1.35. The normalized spacial score (nSPS) is 15.9. The molecule has 0 saturated carbocycles. The number of ether oxygens (including phenoxy) is 1. The van der Waals surface area contributed by atoms with Gasteiger partial charge in [0.1, 0.15) is 0 Å². The highest BCUT2D eigenvalue weighted by atomic mass is 32.2. The molecule has 1 aromatic carbocycles. The number of sulfonamides is 1. The molecule has 0 radical (unpaired) electrons. The van der Waals surface area contributed by atoms with Crippen LogP contribution in [0.15, 0.2) is 58.2 Å². The molecule has 3 aromatic rings. The van der Waals surface area contributed by atoms with E-state index in [0.29, 0.717) is 30.0 Å². The third-order valence-corrected chi connectivity index (χ3v) is 7.15. The van der Waals surface area contributed by atoms with E-state index < -0.39 is 22.1 Å². The first kappa shape index (κ1) is 22.1. The number of pyridine rings is 1. The van der Waals surface area contributed by atoms with Crippen LogP contribution >= 0.6 is 0 Å². The molecule has 168 valence electrons. The molecule has 32 heavy (non-hydrogen) atoms. The SMILES string of the molecule is CC(OC(=O)Cc1ccc(S(=O)(=O)N2CCCCC2)cc1)c1nc(-c2cccnc2)no1. The molecule has 1 fully saturated rings. The van der Waals surface area contributed by atoms with Gasteiger partial charge in [-0.25, -0.2) is 8.42 Å². The first-order chi connectivity index (χ1) is 15.4. The third-order valence-electron chi connectivity index (χ3n) is 5.24. The summed E-state index contributed by atoms with van der Waals surface area (Å²) >= 11 is 0. The van der Waals surface area contributed by atoms with Crippen LogP contribution in [0.5, 0.6) is 0 Å². The van der Waals surface area contributed by atoms with Crippen molar-refractivity contribution in [2.45, 2.75) is 43.6 Å². The Balaban J connectivity index is 1.35. The lowest BCUT2D eigenvalue weighted by Gasteiger charge is -2.25. The van der Waals surface area contributed by atoms with Crippen molar-refractivity contribution in [3.05, 3.63) is 60.2 Å². The fourth-order valence-electron chi connectivity index (χ4n) is 3.50. The van der Waals surface area contributed by atoms with Gasteiger partial charge in [0.2, 0.25) is 15.8 Å². The Hall–Kier alpha value is -3.11. The van der Waals surface area contributed by atoms with E-state index in [1.807, 2.05) is 0 Å². The monoisotopic (exact) mass is 456 g/mol. The van der Waals surface area contributed by atoms with Crippen LogP contribution in [0, 0.1) is 0 Å². The number of benzene rings is 1. The maximum absolute atomic E-state index is 12.7. The van der Waals surface area contributed by atoms with Crippen molar-refractivity contribution >= 4 is 16.0 Å². The molecule has 0 bridgehead atoms. The summed E-state index contributed by atoms with van der Waals surface area (Å²) < 4.78 is 37.6. The fraction of sp³-hybridized carbons (Fsp3) is 0.364. The van der Waals surface area contributed by atoms with Gasteiger partial charge in [0, 0.05) is 31.0 Å². The molecular weight excluding hydrogens is 432 g/mol. The van der Waals surface area contributed by atoms with Crippen LogP contribution in [0.3, 0.4) is 0 Å². The summed E-state index contributed by atoms with van der Waals surface area (Å²) in [7, 11) is -3.50. The second kappa shape index (κ2) is 9.58. The largest absolute Gasteiger partial charge is 0.452 e. The van der Waals surface area contributed by atoms with Gasteiger partial charge in [-0.05, 0) is 49.6 Å². The zero-order valence-electron chi connectivity index (χ0n) is 17.7. The molecule has 2 aromatic heterocycles. The first-order valence-corrected chi connectivity index (χ1v) is 11.9. The number of hydrogen-bond acceptors (Lipinski definition) is 8. The van der Waals surface area contributed by atoms with Gasteiger partial charge in [0.15, 0.2) is 6.10 Å². The van der Waals surface area contributed by atoms with E-state index in [4.69, 9.17) is 9.26 Å². The lowest BCUT2D eigenvalue weighted by Crippen LogP contribution is -2.35. The summed E-state index contributed by atoms with van der Waals surface area (Å²) in [4.78, 5) is 20.9. The zero-order valence-corrected chi connectivity index (χ0v) is 18.5. The number of carbonyl (C=O) groups excluding carboxylic acids is 1. The van der Waals surface area contributed by atoms with Crippen LogP contribution in [0.4, 0.5) is 0 Å². The Labute approximate surface area is 186 Å². The highest BCUT2D eigenvalue weighted by Gasteiger charge is 2.26. The van der Waals surface area contributed by atoms with Gasteiger partial charge in [-0.3, -0.25) is 9.78 Å². The second-order valence-electron chi connectivity index (χ2n) is 7.62. The highest BCUT2D eigenvalue weighted by molar-refractivity contribution is 7.89. The molecule has 9 nitrogen and oxygen atoms in total. The second-order valence-corrected chi connectivity index (χ2v) is 9.55. The Morgan fingerprint density at radius 2 is 1.91 bits per heavy atom. The van der Waals surface area contributed by atoms with E-state index in [0.717, 1.165) is 19.3 Å². The van der Waals surface area contributed by atoms with Crippen molar-refractivity contribution in [3.8, 4) is 11.4 Å². The van der Waals surface area contributed by atoms with Crippen molar-refractivity contribution < 1.29 is 22.5 Å². The van der Waals surface area contributed by atoms with Crippen molar-refractivity contribution in [1.29, 1.82) is 0 Å². The predicted octanol–water partition coefficient (Wildman–Crippen LogP) is 3.15. The molecule has 0 spiro atoms. The van der Waals surface area contributed by atoms with Crippen molar-refractivity contribution in [2.75, 3.05) is 13.1 Å². The Morgan fingerprint density at radius 1 is 1.16 bits per heavy atom. The smallest absolute Gasteiger partial charge is 0.311 e. The van der Waals surface area contributed by atoms with E-state index >= 15 is 0 Å². The van der Waals surface area contributed by atoms with Crippen LogP contribution in [0.1, 0.15) is 43.7 Å². The van der Waals surface area contributed by atoms with Crippen molar-refractivity contribution in [2.24, 2.45) is 0 Å². The van der Waals surface area contributed by atoms with Gasteiger partial charge in [0.05, 0.1) is 11.3 Å². The van der Waals surface area contributed by atoms with E-state index in [1.54, 1.807) is 43.6 Å². The number of esters is 1. The quantitative estimate of drug-likeness (QED) is 0.498. The first-order valence-electron chi connectivity index (χ1n) is 10.5. The molecule has 1 atom stereocenters. The van der Waals surface area contributed by atoms with Gasteiger partial charge >= 0.3 is 5.97 Å². The standard InChI is InChI=1S/C22H24N4O5S/c1-16(22-24-21(25-31-22)18-6-5-11-23-15-18)30-20(27)14-17-7-9-19(10-8-17)32(28,29)26-12-3-2-4-13-26/h5-11,15-16H,2-4,12-14H2,1H3. The van der Waals surface area contributed by atoms with Gasteiger partial charge in [0.25, 0.3) is 5.89 Å². The molecule has 0 aliphatic carbocycles. The van der Waals surface area contributed by atoms with E-state index in [1.165, 1.54) is 16.4 Å². The number of carbonyl (C=O) groups is 1. The van der Waals surface area contributed by atoms with Gasteiger partial charge in [-0.1, -0.05) is 23.7 Å². The minimum Gasteiger partial charge on any atom is -0.452 e. The lowest BCUT2D eigenvalue weighted by atomic mass is 10.1. The summed E-state index contributed by atoms with van der Waals surface area (Å²) in [6.07, 6.45) is 5.35. The average Bonchev–Trinajstić information content (AvgIpc) is 3.31. The third kappa shape index (κ3) is 5.03. The molecule has 10 heteroatoms. The van der Waals surface area contributed by atoms with Gasteiger partial charge < -0.3 is 9.26 Å². The highest BCUT2D eigenvalue weighted by Crippen LogP contribution is 2.22. The molecule has 4 rings (SSSR count). The predicted molar refractivity (Wildman–Crippen MR) is 115 cm³/mol. The van der Waals surface area contributed by atoms with Crippen LogP contribution in [-0.4, -0.2) is 46.9 Å². The molecule has 1 unspecified atom stereocenters. The van der Waals surface area contributed by atoms with Crippen LogP contribution in [-0.2, 0) is 26.0 Å². The summed E-state index contributed by atoms with van der Waals surface area (Å²) in [5.74, 6) is 0.0620. The molecule has 1 aliphatic rings. The van der Waals surface area contributed by atoms with Gasteiger partial charge in [-0.2, -0.15) is 9.29 Å². The number of piperidine rings is 1. The van der Waals surface area contributed by atoms with Crippen LogP contribution in [0.2, 0.25) is 0 Å².